The van der Waals surface area contributed by atoms with E-state index in [1.54, 1.807) is 18.2 Å². The average molecular weight is 607 g/mol. The Balaban J connectivity index is 1.42. The molecule has 3 aromatic carbocycles. The molecule has 43 heavy (non-hydrogen) atoms. The minimum atomic E-state index is -2.36. The van der Waals surface area contributed by atoms with Gasteiger partial charge in [-0.15, -0.1) is 0 Å². The van der Waals surface area contributed by atoms with E-state index in [-0.39, 0.29) is 37.0 Å². The summed E-state index contributed by atoms with van der Waals surface area (Å²) in [6, 6.07) is 13.3. The highest BCUT2D eigenvalue weighted by atomic mass is 19.2. The largest absolute Gasteiger partial charge is 0.395 e. The number of nitrogens with zero attached hydrogens (tertiary/aromatic N) is 1. The maximum Gasteiger partial charge on any atom is 0.261 e. The monoisotopic (exact) mass is 606 g/mol. The summed E-state index contributed by atoms with van der Waals surface area (Å²) in [5, 5.41) is 21.5. The van der Waals surface area contributed by atoms with E-state index in [0.717, 1.165) is 30.5 Å². The van der Waals surface area contributed by atoms with Crippen LogP contribution >= 0.6 is 0 Å². The summed E-state index contributed by atoms with van der Waals surface area (Å²) in [5.74, 6) is -12.9. The highest BCUT2D eigenvalue weighted by Gasteiger charge is 2.40. The molecule has 2 fully saturated rings. The summed E-state index contributed by atoms with van der Waals surface area (Å²) >= 11 is 0. The highest BCUT2D eigenvalue weighted by Crippen LogP contribution is 2.42. The highest BCUT2D eigenvalue weighted by molar-refractivity contribution is 6.04. The van der Waals surface area contributed by atoms with Crippen molar-refractivity contribution >= 4 is 11.6 Å². The minimum Gasteiger partial charge on any atom is -0.395 e. The van der Waals surface area contributed by atoms with Gasteiger partial charge in [0, 0.05) is 29.8 Å². The lowest BCUT2D eigenvalue weighted by atomic mass is 9.90. The fourth-order valence-electron chi connectivity index (χ4n) is 5.66. The first-order chi connectivity index (χ1) is 20.6. The quantitative estimate of drug-likeness (QED) is 0.181. The van der Waals surface area contributed by atoms with Crippen LogP contribution in [0.15, 0.2) is 48.5 Å². The number of anilines is 1. The lowest BCUT2D eigenvalue weighted by molar-refractivity contribution is -0.276. The van der Waals surface area contributed by atoms with E-state index in [1.807, 2.05) is 19.1 Å². The van der Waals surface area contributed by atoms with E-state index in [2.05, 4.69) is 10.2 Å². The molecule has 0 aromatic heterocycles. The molecule has 3 N–H and O–H groups in total. The van der Waals surface area contributed by atoms with Gasteiger partial charge in [0.15, 0.2) is 29.6 Å². The zero-order chi connectivity index (χ0) is 30.8. The van der Waals surface area contributed by atoms with Crippen LogP contribution in [0.4, 0.5) is 27.6 Å². The molecule has 12 heteroatoms. The van der Waals surface area contributed by atoms with Crippen LogP contribution in [0.3, 0.4) is 0 Å². The zero-order valence-corrected chi connectivity index (χ0v) is 23.2. The molecule has 1 amide bonds. The van der Waals surface area contributed by atoms with Crippen LogP contribution in [0, 0.1) is 35.0 Å². The topological polar surface area (TPSA) is 91.3 Å². The molecule has 3 aromatic rings. The van der Waals surface area contributed by atoms with Crippen molar-refractivity contribution in [2.45, 2.75) is 50.9 Å². The number of rotatable bonds is 8. The van der Waals surface area contributed by atoms with E-state index in [0.29, 0.717) is 12.1 Å². The number of nitrogens with one attached hydrogen (secondary N) is 1. The van der Waals surface area contributed by atoms with Gasteiger partial charge in [0.25, 0.3) is 5.91 Å². The van der Waals surface area contributed by atoms with Crippen LogP contribution in [-0.4, -0.2) is 52.9 Å². The normalized spacial score (nSPS) is 24.3. The van der Waals surface area contributed by atoms with E-state index in [1.165, 1.54) is 18.2 Å². The van der Waals surface area contributed by atoms with Gasteiger partial charge in [-0.25, -0.2) is 22.0 Å². The Morgan fingerprint density at radius 3 is 2.26 bits per heavy atom. The molecule has 2 aliphatic heterocycles. The molecule has 0 bridgehead atoms. The number of benzene rings is 3. The number of carbonyl (C=O) groups excluding carboxylic acids is 1. The third-order valence-electron chi connectivity index (χ3n) is 8.10. The number of hydrogen-bond acceptors (Lipinski definition) is 6. The summed E-state index contributed by atoms with van der Waals surface area (Å²) in [6.07, 6.45) is 0.0699. The van der Waals surface area contributed by atoms with E-state index < -0.39 is 53.0 Å². The number of hydrogen-bond donors (Lipinski definition) is 3. The lowest BCUT2D eigenvalue weighted by Gasteiger charge is -2.43. The Kier molecular flexibility index (Phi) is 9.42. The number of aliphatic hydroxyl groups is 2. The number of carbonyl (C=O) groups is 1. The number of aliphatic hydroxyl groups excluding tert-OH is 2. The van der Waals surface area contributed by atoms with Crippen LogP contribution in [-0.2, 0) is 16.1 Å². The Bertz CT molecular complexity index is 1440. The molecular formula is C31H31F5N2O5. The van der Waals surface area contributed by atoms with Gasteiger partial charge < -0.3 is 25.0 Å². The Hall–Kier alpha value is -3.42. The van der Waals surface area contributed by atoms with Crippen molar-refractivity contribution < 1.29 is 46.4 Å². The van der Waals surface area contributed by atoms with Gasteiger partial charge in [0.1, 0.15) is 5.56 Å². The van der Waals surface area contributed by atoms with Gasteiger partial charge in [-0.1, -0.05) is 43.3 Å². The Morgan fingerprint density at radius 2 is 1.60 bits per heavy atom. The number of likely N-dealkylation sites (tertiary alicyclic amines) is 1. The fraction of sp³-hybridized carbons (Fsp3) is 0.387. The predicted molar refractivity (Wildman–Crippen MR) is 145 cm³/mol. The van der Waals surface area contributed by atoms with Crippen LogP contribution in [0.2, 0.25) is 0 Å². The molecule has 0 saturated carbocycles. The van der Waals surface area contributed by atoms with Gasteiger partial charge in [-0.05, 0) is 42.6 Å². The Labute approximate surface area is 244 Å². The first kappa shape index (κ1) is 31.0. The molecule has 230 valence electrons. The number of amides is 1. The van der Waals surface area contributed by atoms with Crippen molar-refractivity contribution in [2.75, 3.05) is 25.0 Å². The summed E-state index contributed by atoms with van der Waals surface area (Å²) < 4.78 is 82.1. The number of ether oxygens (including phenoxy) is 2. The van der Waals surface area contributed by atoms with E-state index in [4.69, 9.17) is 9.47 Å². The van der Waals surface area contributed by atoms with Crippen molar-refractivity contribution in [3.63, 3.8) is 0 Å². The molecule has 2 aliphatic rings. The Morgan fingerprint density at radius 1 is 0.930 bits per heavy atom. The van der Waals surface area contributed by atoms with Crippen LogP contribution in [0.25, 0.3) is 0 Å². The number of halogens is 5. The third kappa shape index (κ3) is 6.29. The van der Waals surface area contributed by atoms with Crippen molar-refractivity contribution in [1.82, 2.24) is 4.90 Å². The fourth-order valence-corrected chi connectivity index (χ4v) is 5.66. The average Bonchev–Trinajstić information content (AvgIpc) is 3.47. The summed E-state index contributed by atoms with van der Waals surface area (Å²) in [4.78, 5) is 14.8. The van der Waals surface area contributed by atoms with Crippen molar-refractivity contribution in [3.8, 4) is 0 Å². The molecule has 2 heterocycles. The molecule has 7 nitrogen and oxygen atoms in total. The van der Waals surface area contributed by atoms with Gasteiger partial charge in [-0.3, -0.25) is 9.69 Å². The molecule has 0 aliphatic carbocycles. The van der Waals surface area contributed by atoms with Gasteiger partial charge in [0.05, 0.1) is 25.4 Å². The molecule has 5 atom stereocenters. The molecular weight excluding hydrogens is 575 g/mol. The first-order valence-electron chi connectivity index (χ1n) is 13.9. The van der Waals surface area contributed by atoms with E-state index >= 15 is 0 Å². The SMILES string of the molecule is CC1C(CN2CCCC2CO)OC(c2cccc(NC(=O)c3c(F)c(F)c(F)c(F)c3F)c2)OC1c1ccc(CO)cc1. The third-order valence-corrected chi connectivity index (χ3v) is 8.10. The summed E-state index contributed by atoms with van der Waals surface area (Å²) in [6.45, 7) is 3.23. The second-order valence-corrected chi connectivity index (χ2v) is 10.8. The van der Waals surface area contributed by atoms with Gasteiger partial charge >= 0.3 is 0 Å². The van der Waals surface area contributed by atoms with E-state index in [9.17, 15) is 37.0 Å². The zero-order valence-electron chi connectivity index (χ0n) is 23.2. The second kappa shape index (κ2) is 13.1. The smallest absolute Gasteiger partial charge is 0.261 e. The predicted octanol–water partition coefficient (Wildman–Crippen LogP) is 5.37. The summed E-state index contributed by atoms with van der Waals surface area (Å²) in [7, 11) is 0. The van der Waals surface area contributed by atoms with Gasteiger partial charge in [-0.2, -0.15) is 0 Å². The molecule has 0 radical (unpaired) electrons. The van der Waals surface area contributed by atoms with Crippen LogP contribution in [0.1, 0.15) is 59.2 Å². The molecule has 5 rings (SSSR count). The van der Waals surface area contributed by atoms with Crippen LogP contribution < -0.4 is 5.32 Å². The summed E-state index contributed by atoms with van der Waals surface area (Å²) in [5.41, 5.74) is 0.425. The van der Waals surface area contributed by atoms with Crippen molar-refractivity contribution in [1.29, 1.82) is 0 Å². The minimum absolute atomic E-state index is 0.0116. The van der Waals surface area contributed by atoms with Crippen LogP contribution in [0.5, 0.6) is 0 Å². The van der Waals surface area contributed by atoms with Gasteiger partial charge in [0.2, 0.25) is 5.82 Å². The first-order valence-corrected chi connectivity index (χ1v) is 13.9. The molecule has 0 spiro atoms. The maximum absolute atomic E-state index is 14.2. The maximum atomic E-state index is 14.2. The van der Waals surface area contributed by atoms with Crippen molar-refractivity contribution in [3.05, 3.63) is 99.9 Å². The second-order valence-electron chi connectivity index (χ2n) is 10.8. The lowest BCUT2D eigenvalue weighted by Crippen LogP contribution is -2.46. The molecule has 5 unspecified atom stereocenters. The standard InChI is InChI=1S/C31H31F5N2O5/c1-16-22(13-38-11-3-6-21(38)15-40)42-31(43-29(16)18-9-7-17(14-39)8-10-18)19-4-2-5-20(12-19)37-30(41)23-24(32)26(34)28(36)27(35)25(23)33/h2,4-5,7-10,12,16,21-22,29,31,39-40H,3,6,11,13-15H2,1H3,(H,37,41). The van der Waals surface area contributed by atoms with Crippen molar-refractivity contribution in [2.24, 2.45) is 5.92 Å². The molecule has 2 saturated heterocycles.